The average molecular weight is 478 g/mol. The van der Waals surface area contributed by atoms with Gasteiger partial charge in [0.1, 0.15) is 6.04 Å². The molecule has 2 aliphatic heterocycles. The number of nitrogens with zero attached hydrogens (tertiary/aromatic N) is 3. The smallest absolute Gasteiger partial charge is 0.251 e. The maximum atomic E-state index is 13.9. The molecule has 1 fully saturated rings. The number of carbonyl (C=O) groups is 1. The molecule has 1 saturated heterocycles. The van der Waals surface area contributed by atoms with E-state index in [1.54, 1.807) is 59.5 Å². The Morgan fingerprint density at radius 1 is 1.13 bits per heavy atom. The topological polar surface area (TPSA) is 70.1 Å². The van der Waals surface area contributed by atoms with E-state index in [0.29, 0.717) is 28.8 Å². The number of halogens is 1. The Bertz CT molecular complexity index is 1070. The molecule has 2 aliphatic rings. The molecule has 0 spiro atoms. The molecule has 0 bridgehead atoms. The van der Waals surface area contributed by atoms with Gasteiger partial charge in [0.2, 0.25) is 10.0 Å². The van der Waals surface area contributed by atoms with E-state index in [-0.39, 0.29) is 16.8 Å². The van der Waals surface area contributed by atoms with Crippen LogP contribution in [0.25, 0.3) is 0 Å². The third kappa shape index (κ3) is 4.67. The minimum Gasteiger partial charge on any atom is -0.272 e. The van der Waals surface area contributed by atoms with E-state index in [9.17, 15) is 13.2 Å². The van der Waals surface area contributed by atoms with Crippen LogP contribution in [0.15, 0.2) is 64.5 Å². The fraction of sp³-hybridized carbons (Fsp3) is 0.364. The fourth-order valence-electron chi connectivity index (χ4n) is 3.82. The first-order valence-electron chi connectivity index (χ1n) is 10.2. The number of hydrogen-bond acceptors (Lipinski definition) is 5. The average Bonchev–Trinajstić information content (AvgIpc) is 3.21. The molecular weight excluding hydrogens is 454 g/mol. The van der Waals surface area contributed by atoms with Gasteiger partial charge in [0.15, 0.2) is 5.17 Å². The Morgan fingerprint density at radius 3 is 2.48 bits per heavy atom. The van der Waals surface area contributed by atoms with Crippen LogP contribution < -0.4 is 4.90 Å². The number of benzene rings is 2. The van der Waals surface area contributed by atoms with Crippen molar-refractivity contribution in [1.82, 2.24) is 4.31 Å². The van der Waals surface area contributed by atoms with Crippen LogP contribution >= 0.6 is 23.4 Å². The quantitative estimate of drug-likeness (QED) is 0.654. The number of amidine groups is 1. The Kier molecular flexibility index (Phi) is 6.71. The molecule has 0 N–H and O–H groups in total. The molecule has 0 saturated carbocycles. The monoisotopic (exact) mass is 477 g/mol. The summed E-state index contributed by atoms with van der Waals surface area (Å²) in [5.41, 5.74) is 0.636. The van der Waals surface area contributed by atoms with Gasteiger partial charge in [0.05, 0.1) is 16.6 Å². The molecule has 0 unspecified atom stereocenters. The van der Waals surface area contributed by atoms with Crippen molar-refractivity contribution in [3.63, 3.8) is 0 Å². The summed E-state index contributed by atoms with van der Waals surface area (Å²) in [6.07, 6.45) is 1.99. The standard InChI is InChI=1S/C22H24ClN3O3S2/c1-16-15-30-22(24-16)26(18-12-10-17(23)11-13-18)21(27)20-9-5-6-14-25(20)31(28,29)19-7-3-2-4-8-19/h2-4,7-8,10-13,16,20H,5-6,9,14-15H2,1H3/t16-,20-/m1/s1. The zero-order valence-corrected chi connectivity index (χ0v) is 19.5. The third-order valence-electron chi connectivity index (χ3n) is 5.37. The highest BCUT2D eigenvalue weighted by Crippen LogP contribution is 2.32. The molecule has 2 aromatic rings. The van der Waals surface area contributed by atoms with Crippen molar-refractivity contribution in [3.05, 3.63) is 59.6 Å². The number of rotatable bonds is 4. The van der Waals surface area contributed by atoms with E-state index in [4.69, 9.17) is 11.6 Å². The van der Waals surface area contributed by atoms with Crippen LogP contribution in [0, 0.1) is 0 Å². The first-order valence-corrected chi connectivity index (χ1v) is 13.1. The van der Waals surface area contributed by atoms with Gasteiger partial charge in [-0.1, -0.05) is 48.0 Å². The van der Waals surface area contributed by atoms with Crippen LogP contribution in [0.5, 0.6) is 0 Å². The highest BCUT2D eigenvalue weighted by molar-refractivity contribution is 8.14. The van der Waals surface area contributed by atoms with Crippen LogP contribution in [0.3, 0.4) is 0 Å². The van der Waals surface area contributed by atoms with Gasteiger partial charge in [0.25, 0.3) is 5.91 Å². The van der Waals surface area contributed by atoms with E-state index in [1.165, 1.54) is 16.1 Å². The molecule has 0 aliphatic carbocycles. The molecule has 31 heavy (non-hydrogen) atoms. The molecular formula is C22H24ClN3O3S2. The maximum Gasteiger partial charge on any atom is 0.251 e. The second-order valence-electron chi connectivity index (χ2n) is 7.66. The molecule has 4 rings (SSSR count). The molecule has 2 heterocycles. The zero-order valence-electron chi connectivity index (χ0n) is 17.1. The van der Waals surface area contributed by atoms with E-state index in [2.05, 4.69) is 4.99 Å². The molecule has 6 nitrogen and oxygen atoms in total. The van der Waals surface area contributed by atoms with Gasteiger partial charge in [-0.15, -0.1) is 0 Å². The predicted octanol–water partition coefficient (Wildman–Crippen LogP) is 4.41. The molecule has 2 aromatic carbocycles. The Hall–Kier alpha value is -1.87. The van der Waals surface area contributed by atoms with Crippen molar-refractivity contribution in [2.24, 2.45) is 4.99 Å². The van der Waals surface area contributed by atoms with Gasteiger partial charge in [-0.25, -0.2) is 8.42 Å². The van der Waals surface area contributed by atoms with Gasteiger partial charge < -0.3 is 0 Å². The summed E-state index contributed by atoms with van der Waals surface area (Å²) in [7, 11) is -3.79. The highest BCUT2D eigenvalue weighted by atomic mass is 35.5. The van der Waals surface area contributed by atoms with Crippen molar-refractivity contribution < 1.29 is 13.2 Å². The summed E-state index contributed by atoms with van der Waals surface area (Å²) in [4.78, 5) is 20.3. The summed E-state index contributed by atoms with van der Waals surface area (Å²) in [6.45, 7) is 2.31. The molecule has 9 heteroatoms. The lowest BCUT2D eigenvalue weighted by Crippen LogP contribution is -2.54. The van der Waals surface area contributed by atoms with Crippen molar-refractivity contribution in [3.8, 4) is 0 Å². The predicted molar refractivity (Wildman–Crippen MR) is 126 cm³/mol. The number of piperidine rings is 1. The SMILES string of the molecule is C[C@@H]1CSC(N(C(=O)[C@H]2CCCCN2S(=O)(=O)c2ccccc2)c2ccc(Cl)cc2)=N1. The van der Waals surface area contributed by atoms with E-state index < -0.39 is 16.1 Å². The number of aliphatic imine (C=N–C) groups is 1. The number of carbonyl (C=O) groups excluding carboxylic acids is 1. The number of thioether (sulfide) groups is 1. The summed E-state index contributed by atoms with van der Waals surface area (Å²) < 4.78 is 28.1. The van der Waals surface area contributed by atoms with E-state index in [1.807, 2.05) is 6.92 Å². The lowest BCUT2D eigenvalue weighted by Gasteiger charge is -2.36. The van der Waals surface area contributed by atoms with Gasteiger partial charge in [-0.3, -0.25) is 14.7 Å². The van der Waals surface area contributed by atoms with E-state index in [0.717, 1.165) is 18.6 Å². The number of hydrogen-bond donors (Lipinski definition) is 0. The molecule has 0 radical (unpaired) electrons. The van der Waals surface area contributed by atoms with Crippen molar-refractivity contribution in [2.75, 3.05) is 17.2 Å². The minimum absolute atomic E-state index is 0.0955. The van der Waals surface area contributed by atoms with Crippen LogP contribution in [0.1, 0.15) is 26.2 Å². The Balaban J connectivity index is 1.72. The second-order valence-corrected chi connectivity index (χ2v) is 11.0. The lowest BCUT2D eigenvalue weighted by atomic mass is 10.0. The van der Waals surface area contributed by atoms with Crippen molar-refractivity contribution in [1.29, 1.82) is 0 Å². The third-order valence-corrected chi connectivity index (χ3v) is 8.74. The Labute approximate surface area is 192 Å². The van der Waals surface area contributed by atoms with Crippen molar-refractivity contribution >= 4 is 50.1 Å². The minimum atomic E-state index is -3.79. The summed E-state index contributed by atoms with van der Waals surface area (Å²) in [5.74, 6) is 0.505. The van der Waals surface area contributed by atoms with Gasteiger partial charge in [-0.05, 0) is 56.2 Å². The highest BCUT2D eigenvalue weighted by Gasteiger charge is 2.41. The van der Waals surface area contributed by atoms with Crippen LogP contribution in [-0.4, -0.2) is 48.2 Å². The number of amides is 1. The van der Waals surface area contributed by atoms with Crippen LogP contribution in [0.4, 0.5) is 5.69 Å². The van der Waals surface area contributed by atoms with Gasteiger partial charge in [-0.2, -0.15) is 4.31 Å². The fourth-order valence-corrected chi connectivity index (χ4v) is 6.66. The lowest BCUT2D eigenvalue weighted by molar-refractivity contribution is -0.122. The molecule has 164 valence electrons. The molecule has 2 atom stereocenters. The number of anilines is 1. The summed E-state index contributed by atoms with van der Waals surface area (Å²) in [6, 6.07) is 14.6. The first-order chi connectivity index (χ1) is 14.9. The summed E-state index contributed by atoms with van der Waals surface area (Å²) in [5, 5.41) is 1.17. The van der Waals surface area contributed by atoms with Crippen LogP contribution in [-0.2, 0) is 14.8 Å². The first kappa shape index (κ1) is 22.3. The Morgan fingerprint density at radius 2 is 1.84 bits per heavy atom. The van der Waals surface area contributed by atoms with Gasteiger partial charge in [0, 0.05) is 17.3 Å². The van der Waals surface area contributed by atoms with Crippen molar-refractivity contribution in [2.45, 2.75) is 43.2 Å². The molecule has 1 amide bonds. The largest absolute Gasteiger partial charge is 0.272 e. The normalized spacial score (nSPS) is 22.2. The molecule has 0 aromatic heterocycles. The maximum absolute atomic E-state index is 13.9. The van der Waals surface area contributed by atoms with E-state index >= 15 is 0 Å². The second kappa shape index (κ2) is 9.32. The number of sulfonamides is 1. The zero-order chi connectivity index (χ0) is 22.0. The van der Waals surface area contributed by atoms with Gasteiger partial charge >= 0.3 is 0 Å². The van der Waals surface area contributed by atoms with Crippen LogP contribution in [0.2, 0.25) is 5.02 Å². The summed E-state index contributed by atoms with van der Waals surface area (Å²) >= 11 is 7.56.